The molecule has 0 radical (unpaired) electrons. The molecule has 11 heavy (non-hydrogen) atoms. The molecule has 0 atom stereocenters. The van der Waals surface area contributed by atoms with Crippen molar-refractivity contribution in [3.8, 4) is 0 Å². The molecule has 0 saturated heterocycles. The van der Waals surface area contributed by atoms with Crippen molar-refractivity contribution in [2.24, 2.45) is 5.89 Å². The van der Waals surface area contributed by atoms with E-state index >= 15 is 0 Å². The summed E-state index contributed by atoms with van der Waals surface area (Å²) in [5, 5.41) is 9.00. The summed E-state index contributed by atoms with van der Waals surface area (Å²) in [5.74, 6) is -4.90. The minimum Gasteiger partial charge on any atom is -0.481 e. The van der Waals surface area contributed by atoms with Crippen LogP contribution in [-0.4, -0.2) is 11.1 Å². The second-order valence-electron chi connectivity index (χ2n) is 1.62. The first kappa shape index (κ1) is 2.48. The van der Waals surface area contributed by atoms with Crippen LogP contribution in [0.25, 0.3) is 0 Å². The number of rotatable bonds is 5. The van der Waals surface area contributed by atoms with Crippen molar-refractivity contribution >= 4 is 5.97 Å². The molecule has 0 spiro atoms. The monoisotopic (exact) mass is 171 g/mol. The molecular weight excluding hydrogens is 140 g/mol. The smallest absolute Gasteiger partial charge is 0.306 e. The van der Waals surface area contributed by atoms with Gasteiger partial charge in [0.15, 0.2) is 0 Å². The van der Waals surface area contributed by atoms with Crippen LogP contribution >= 0.6 is 0 Å². The Labute approximate surface area is 85.1 Å². The Morgan fingerprint density at radius 3 is 2.36 bits per heavy atom. The SMILES string of the molecule is C.[2H]C(CC([2H])([2H])C([2H])([2H])[2H])(CC([2H])([2H])C([2H])([2H])[2H])C(=O)O. The molecule has 0 amide bonds. The van der Waals surface area contributed by atoms with E-state index in [-0.39, 0.29) is 7.43 Å². The first-order valence-corrected chi connectivity index (χ1v) is 2.59. The molecule has 0 aliphatic rings. The molecule has 0 aromatic rings. The van der Waals surface area contributed by atoms with Crippen LogP contribution in [-0.2, 0) is 4.79 Å². The van der Waals surface area contributed by atoms with Gasteiger partial charge in [0.05, 0.1) is 5.89 Å². The van der Waals surface area contributed by atoms with E-state index in [0.717, 1.165) is 0 Å². The van der Waals surface area contributed by atoms with Crippen LogP contribution in [0.2, 0.25) is 0 Å². The summed E-state index contributed by atoms with van der Waals surface area (Å²) in [6.45, 7) is -6.44. The van der Waals surface area contributed by atoms with Gasteiger partial charge >= 0.3 is 5.97 Å². The van der Waals surface area contributed by atoms with E-state index in [0.29, 0.717) is 0 Å². The second kappa shape index (κ2) is 7.58. The summed E-state index contributed by atoms with van der Waals surface area (Å²) in [6, 6.07) is 0. The summed E-state index contributed by atoms with van der Waals surface area (Å²) < 4.78 is 79.0. The second-order valence-corrected chi connectivity index (χ2v) is 1.62. The van der Waals surface area contributed by atoms with Crippen LogP contribution in [0.5, 0.6) is 0 Å². The number of carboxylic acids is 1. The highest BCUT2D eigenvalue weighted by atomic mass is 16.4. The van der Waals surface area contributed by atoms with Crippen molar-refractivity contribution in [1.82, 2.24) is 0 Å². The van der Waals surface area contributed by atoms with Crippen molar-refractivity contribution < 1.29 is 25.0 Å². The lowest BCUT2D eigenvalue weighted by Crippen LogP contribution is -2.12. The Balaban J connectivity index is 0. The van der Waals surface area contributed by atoms with Crippen molar-refractivity contribution in [3.05, 3.63) is 0 Å². The standard InChI is InChI=1S/C8H16O2.CH4/c1-3-5-7(6-4-2)8(9)10;/h7H,3-6H2,1-2H3,(H,9,10);1H4/i1D3,2D3,3D2,4D2,7D;. The fourth-order valence-corrected chi connectivity index (χ4v) is 0.427. The van der Waals surface area contributed by atoms with E-state index in [4.69, 9.17) is 20.2 Å². The average Bonchev–Trinajstić information content (AvgIpc) is 2.10. The maximum absolute atomic E-state index is 11.1. The number of hydrogen-bond acceptors (Lipinski definition) is 1. The molecule has 0 aromatic carbocycles. The average molecular weight is 171 g/mol. The molecule has 0 aliphatic heterocycles. The van der Waals surface area contributed by atoms with E-state index in [1.165, 1.54) is 0 Å². The molecule has 0 heterocycles. The zero-order valence-corrected chi connectivity index (χ0v) is 5.27. The third-order valence-corrected chi connectivity index (χ3v) is 0.906. The Kier molecular flexibility index (Phi) is 1.71. The van der Waals surface area contributed by atoms with Crippen molar-refractivity contribution in [2.45, 2.75) is 46.7 Å². The number of carbonyl (C=O) groups is 1. The quantitative estimate of drug-likeness (QED) is 0.690. The maximum atomic E-state index is 11.1. The molecule has 0 aromatic heterocycles. The maximum Gasteiger partial charge on any atom is 0.306 e. The van der Waals surface area contributed by atoms with Crippen LogP contribution in [0.1, 0.15) is 61.8 Å². The van der Waals surface area contributed by atoms with E-state index in [2.05, 4.69) is 0 Å². The van der Waals surface area contributed by atoms with E-state index < -0.39 is 51.2 Å². The Morgan fingerprint density at radius 1 is 1.64 bits per heavy atom. The van der Waals surface area contributed by atoms with E-state index in [1.54, 1.807) is 0 Å². The van der Waals surface area contributed by atoms with Gasteiger partial charge in [0.2, 0.25) is 0 Å². The lowest BCUT2D eigenvalue weighted by Gasteiger charge is -2.07. The van der Waals surface area contributed by atoms with Crippen LogP contribution < -0.4 is 0 Å². The number of hydrogen-bond donors (Lipinski definition) is 1. The molecule has 0 saturated carbocycles. The Hall–Kier alpha value is -0.530. The van der Waals surface area contributed by atoms with E-state index in [9.17, 15) is 4.79 Å². The summed E-state index contributed by atoms with van der Waals surface area (Å²) in [7, 11) is 0. The van der Waals surface area contributed by atoms with Crippen molar-refractivity contribution in [3.63, 3.8) is 0 Å². The number of aliphatic carboxylic acids is 1. The third kappa shape index (κ3) is 5.89. The van der Waals surface area contributed by atoms with Crippen molar-refractivity contribution in [2.75, 3.05) is 0 Å². The normalized spacial score (nSPS) is 30.0. The predicted octanol–water partition coefficient (Wildman–Crippen LogP) is 2.92. The Bertz CT molecular complexity index is 367. The van der Waals surface area contributed by atoms with Crippen molar-refractivity contribution in [1.29, 1.82) is 0 Å². The third-order valence-electron chi connectivity index (χ3n) is 0.906. The molecule has 2 nitrogen and oxygen atoms in total. The van der Waals surface area contributed by atoms with Crippen LogP contribution in [0.15, 0.2) is 0 Å². The Morgan fingerprint density at radius 2 is 2.09 bits per heavy atom. The van der Waals surface area contributed by atoms with Gasteiger partial charge in [0.1, 0.15) is 0 Å². The first-order chi connectivity index (χ1) is 8.86. The molecule has 2 heteroatoms. The lowest BCUT2D eigenvalue weighted by atomic mass is 9.99. The minimum atomic E-state index is -3.22. The topological polar surface area (TPSA) is 37.3 Å². The highest BCUT2D eigenvalue weighted by Gasteiger charge is 2.13. The molecule has 0 fully saturated rings. The minimum absolute atomic E-state index is 0. The predicted molar refractivity (Wildman–Crippen MR) is 47.7 cm³/mol. The summed E-state index contributed by atoms with van der Waals surface area (Å²) in [6.07, 6.45) is -8.86. The first-order valence-electron chi connectivity index (χ1n) is 8.09. The van der Waals surface area contributed by atoms with Crippen LogP contribution in [0, 0.1) is 5.89 Å². The molecular formula is C9H20O2. The van der Waals surface area contributed by atoms with Gasteiger partial charge in [-0.15, -0.1) is 0 Å². The highest BCUT2D eigenvalue weighted by Crippen LogP contribution is 2.12. The molecule has 0 aliphatic carbocycles. The van der Waals surface area contributed by atoms with Crippen LogP contribution in [0.3, 0.4) is 0 Å². The summed E-state index contributed by atoms with van der Waals surface area (Å²) in [5.41, 5.74) is 0. The van der Waals surface area contributed by atoms with Gasteiger partial charge in [-0.2, -0.15) is 0 Å². The lowest BCUT2D eigenvalue weighted by molar-refractivity contribution is -0.142. The highest BCUT2D eigenvalue weighted by molar-refractivity contribution is 5.69. The van der Waals surface area contributed by atoms with Gasteiger partial charge in [-0.05, 0) is 12.8 Å². The van der Waals surface area contributed by atoms with Gasteiger partial charge in [0, 0.05) is 15.1 Å². The zero-order valence-electron chi connectivity index (χ0n) is 16.3. The van der Waals surface area contributed by atoms with Gasteiger partial charge in [-0.3, -0.25) is 4.79 Å². The molecule has 1 N–H and O–H groups in total. The summed E-state index contributed by atoms with van der Waals surface area (Å²) in [4.78, 5) is 11.1. The van der Waals surface area contributed by atoms with Gasteiger partial charge in [0.25, 0.3) is 0 Å². The molecule has 0 rings (SSSR count). The molecule has 68 valence electrons. The van der Waals surface area contributed by atoms with E-state index in [1.807, 2.05) is 0 Å². The zero-order chi connectivity index (χ0) is 17.5. The van der Waals surface area contributed by atoms with Gasteiger partial charge in [-0.25, -0.2) is 0 Å². The van der Waals surface area contributed by atoms with Gasteiger partial charge < -0.3 is 5.11 Å². The molecule has 0 unspecified atom stereocenters. The fraction of sp³-hybridized carbons (Fsp3) is 0.889. The molecule has 0 bridgehead atoms. The number of carboxylic acid groups (broad SMARTS) is 1. The van der Waals surface area contributed by atoms with Crippen LogP contribution in [0.4, 0.5) is 0 Å². The largest absolute Gasteiger partial charge is 0.481 e. The summed E-state index contributed by atoms with van der Waals surface area (Å²) >= 11 is 0. The van der Waals surface area contributed by atoms with Gasteiger partial charge in [-0.1, -0.05) is 33.9 Å². The fourth-order valence-electron chi connectivity index (χ4n) is 0.427.